The van der Waals surface area contributed by atoms with Gasteiger partial charge in [0.15, 0.2) is 11.5 Å². The molecule has 0 saturated carbocycles. The normalized spacial score (nSPS) is 10.3. The average Bonchev–Trinajstić information content (AvgIpc) is 2.55. The van der Waals surface area contributed by atoms with Crippen molar-refractivity contribution in [3.63, 3.8) is 0 Å². The number of rotatable bonds is 6. The number of benzene rings is 2. The van der Waals surface area contributed by atoms with Crippen molar-refractivity contribution in [3.05, 3.63) is 58.7 Å². The Kier molecular flexibility index (Phi) is 5.63. The number of hydrogen-bond acceptors (Lipinski definition) is 3. The van der Waals surface area contributed by atoms with Crippen molar-refractivity contribution in [3.8, 4) is 11.5 Å². The van der Waals surface area contributed by atoms with Crippen molar-refractivity contribution < 1.29 is 14.3 Å². The Labute approximate surface area is 137 Å². The fraction of sp³-hybridized carbons (Fsp3) is 0.316. The molecule has 0 radical (unpaired) electrons. The van der Waals surface area contributed by atoms with Gasteiger partial charge in [0.05, 0.1) is 13.7 Å². The molecule has 0 aliphatic rings. The van der Waals surface area contributed by atoms with Crippen LogP contribution in [0.5, 0.6) is 11.5 Å². The molecule has 0 fully saturated rings. The Morgan fingerprint density at radius 1 is 1.04 bits per heavy atom. The van der Waals surface area contributed by atoms with Gasteiger partial charge in [0.1, 0.15) is 0 Å². The van der Waals surface area contributed by atoms with Gasteiger partial charge in [-0.25, -0.2) is 0 Å². The quantitative estimate of drug-likeness (QED) is 0.885. The third-order valence-corrected chi connectivity index (χ3v) is 3.75. The topological polar surface area (TPSA) is 47.6 Å². The summed E-state index contributed by atoms with van der Waals surface area (Å²) >= 11 is 0. The van der Waals surface area contributed by atoms with Gasteiger partial charge in [-0.1, -0.05) is 12.1 Å². The van der Waals surface area contributed by atoms with E-state index in [0.717, 1.165) is 11.1 Å². The van der Waals surface area contributed by atoms with Crippen LogP contribution < -0.4 is 14.8 Å². The van der Waals surface area contributed by atoms with Crippen LogP contribution in [0.1, 0.15) is 34.0 Å². The van der Waals surface area contributed by atoms with Crippen LogP contribution in [0.4, 0.5) is 0 Å². The molecule has 0 aliphatic heterocycles. The Morgan fingerprint density at radius 2 is 1.83 bits per heavy atom. The summed E-state index contributed by atoms with van der Waals surface area (Å²) in [5, 5.41) is 2.93. The van der Waals surface area contributed by atoms with Gasteiger partial charge >= 0.3 is 0 Å². The first-order valence-corrected chi connectivity index (χ1v) is 7.70. The zero-order valence-electron chi connectivity index (χ0n) is 14.1. The van der Waals surface area contributed by atoms with Crippen molar-refractivity contribution in [2.24, 2.45) is 0 Å². The minimum atomic E-state index is -0.0816. The highest BCUT2D eigenvalue weighted by Gasteiger charge is 2.09. The maximum Gasteiger partial charge on any atom is 0.251 e. The van der Waals surface area contributed by atoms with E-state index < -0.39 is 0 Å². The molecule has 0 unspecified atom stereocenters. The zero-order valence-corrected chi connectivity index (χ0v) is 14.1. The van der Waals surface area contributed by atoms with Crippen LogP contribution in [0.15, 0.2) is 36.4 Å². The van der Waals surface area contributed by atoms with Crippen LogP contribution in [0.2, 0.25) is 0 Å². The van der Waals surface area contributed by atoms with E-state index in [2.05, 4.69) is 5.32 Å². The van der Waals surface area contributed by atoms with Crippen molar-refractivity contribution in [2.45, 2.75) is 27.3 Å². The molecule has 4 heteroatoms. The highest BCUT2D eigenvalue weighted by atomic mass is 16.5. The maximum absolute atomic E-state index is 12.2. The number of amides is 1. The average molecular weight is 313 g/mol. The summed E-state index contributed by atoms with van der Waals surface area (Å²) in [6.45, 7) is 6.96. The second kappa shape index (κ2) is 7.68. The molecule has 2 aromatic rings. The Bertz CT molecular complexity index is 695. The number of carbonyl (C=O) groups is 1. The lowest BCUT2D eigenvalue weighted by molar-refractivity contribution is 0.0950. The molecule has 0 aromatic heterocycles. The van der Waals surface area contributed by atoms with Crippen LogP contribution >= 0.6 is 0 Å². The third-order valence-electron chi connectivity index (χ3n) is 3.75. The van der Waals surface area contributed by atoms with E-state index in [1.165, 1.54) is 5.56 Å². The number of nitrogens with one attached hydrogen (secondary N) is 1. The van der Waals surface area contributed by atoms with E-state index in [1.807, 2.05) is 57.2 Å². The van der Waals surface area contributed by atoms with E-state index in [4.69, 9.17) is 9.47 Å². The van der Waals surface area contributed by atoms with Crippen molar-refractivity contribution in [1.29, 1.82) is 0 Å². The minimum absolute atomic E-state index is 0.0816. The zero-order chi connectivity index (χ0) is 16.8. The lowest BCUT2D eigenvalue weighted by atomic mass is 10.1. The van der Waals surface area contributed by atoms with Gasteiger partial charge in [-0.15, -0.1) is 0 Å². The molecule has 0 spiro atoms. The Balaban J connectivity index is 2.06. The van der Waals surface area contributed by atoms with Gasteiger partial charge in [0.2, 0.25) is 0 Å². The molecule has 0 bridgehead atoms. The molecule has 4 nitrogen and oxygen atoms in total. The molecule has 0 saturated heterocycles. The van der Waals surface area contributed by atoms with Crippen LogP contribution in [0, 0.1) is 13.8 Å². The molecular weight excluding hydrogens is 290 g/mol. The van der Waals surface area contributed by atoms with Gasteiger partial charge in [-0.3, -0.25) is 4.79 Å². The Hall–Kier alpha value is -2.49. The number of carbonyl (C=O) groups excluding carboxylic acids is 1. The lowest BCUT2D eigenvalue weighted by Gasteiger charge is -2.12. The summed E-state index contributed by atoms with van der Waals surface area (Å²) in [7, 11) is 1.61. The summed E-state index contributed by atoms with van der Waals surface area (Å²) < 4.78 is 10.8. The smallest absolute Gasteiger partial charge is 0.251 e. The van der Waals surface area contributed by atoms with E-state index in [-0.39, 0.29) is 5.91 Å². The van der Waals surface area contributed by atoms with Gasteiger partial charge < -0.3 is 14.8 Å². The summed E-state index contributed by atoms with van der Waals surface area (Å²) in [5.74, 6) is 1.30. The number of aryl methyl sites for hydroxylation is 2. The first kappa shape index (κ1) is 16.9. The van der Waals surface area contributed by atoms with Crippen molar-refractivity contribution >= 4 is 5.91 Å². The summed E-state index contributed by atoms with van der Waals surface area (Å²) in [4.78, 5) is 12.2. The molecule has 1 N–H and O–H groups in total. The molecule has 122 valence electrons. The number of hydrogen-bond donors (Lipinski definition) is 1. The molecular formula is C19H23NO3. The van der Waals surface area contributed by atoms with E-state index in [1.54, 1.807) is 7.11 Å². The number of ether oxygens (including phenoxy) is 2. The highest BCUT2D eigenvalue weighted by molar-refractivity contribution is 5.94. The Morgan fingerprint density at radius 3 is 2.48 bits per heavy atom. The van der Waals surface area contributed by atoms with Gasteiger partial charge in [0, 0.05) is 12.1 Å². The fourth-order valence-corrected chi connectivity index (χ4v) is 2.27. The predicted molar refractivity (Wildman–Crippen MR) is 91.2 cm³/mol. The van der Waals surface area contributed by atoms with Crippen LogP contribution in [-0.4, -0.2) is 19.6 Å². The summed E-state index contributed by atoms with van der Waals surface area (Å²) in [6.07, 6.45) is 0. The van der Waals surface area contributed by atoms with E-state index >= 15 is 0 Å². The maximum atomic E-state index is 12.2. The lowest BCUT2D eigenvalue weighted by Crippen LogP contribution is -2.22. The van der Waals surface area contributed by atoms with E-state index in [9.17, 15) is 4.79 Å². The van der Waals surface area contributed by atoms with Gasteiger partial charge in [-0.2, -0.15) is 0 Å². The molecule has 1 amide bonds. The third kappa shape index (κ3) is 4.25. The van der Waals surface area contributed by atoms with Crippen LogP contribution in [-0.2, 0) is 6.54 Å². The minimum Gasteiger partial charge on any atom is -0.493 e. The second-order valence-electron chi connectivity index (χ2n) is 5.40. The monoisotopic (exact) mass is 313 g/mol. The second-order valence-corrected chi connectivity index (χ2v) is 5.40. The largest absolute Gasteiger partial charge is 0.493 e. The summed E-state index contributed by atoms with van der Waals surface area (Å²) in [6, 6.07) is 11.4. The number of methoxy groups -OCH3 is 1. The molecule has 2 rings (SSSR count). The van der Waals surface area contributed by atoms with E-state index in [0.29, 0.717) is 30.2 Å². The first-order chi connectivity index (χ1) is 11.0. The van der Waals surface area contributed by atoms with Crippen LogP contribution in [0.25, 0.3) is 0 Å². The van der Waals surface area contributed by atoms with Crippen LogP contribution in [0.3, 0.4) is 0 Å². The standard InChI is InChI=1S/C19H23NO3/c1-5-23-18-11-15(7-9-17(18)22-4)12-20-19(21)16-8-6-13(2)14(3)10-16/h6-11H,5,12H2,1-4H3,(H,20,21). The molecule has 23 heavy (non-hydrogen) atoms. The first-order valence-electron chi connectivity index (χ1n) is 7.70. The van der Waals surface area contributed by atoms with Gasteiger partial charge in [0.25, 0.3) is 5.91 Å². The molecule has 0 atom stereocenters. The van der Waals surface area contributed by atoms with Gasteiger partial charge in [-0.05, 0) is 61.7 Å². The fourth-order valence-electron chi connectivity index (χ4n) is 2.27. The van der Waals surface area contributed by atoms with Crippen molar-refractivity contribution in [2.75, 3.05) is 13.7 Å². The molecule has 0 aliphatic carbocycles. The summed E-state index contributed by atoms with van der Waals surface area (Å²) in [5.41, 5.74) is 3.93. The molecule has 0 heterocycles. The molecule has 2 aromatic carbocycles. The highest BCUT2D eigenvalue weighted by Crippen LogP contribution is 2.28. The SMILES string of the molecule is CCOc1cc(CNC(=O)c2ccc(C)c(C)c2)ccc1OC. The van der Waals surface area contributed by atoms with Crippen molar-refractivity contribution in [1.82, 2.24) is 5.32 Å². The predicted octanol–water partition coefficient (Wildman–Crippen LogP) is 3.64.